The van der Waals surface area contributed by atoms with Gasteiger partial charge >= 0.3 is 0 Å². The Morgan fingerprint density at radius 3 is 2.62 bits per heavy atom. The van der Waals surface area contributed by atoms with Gasteiger partial charge in [-0.3, -0.25) is 9.48 Å². The summed E-state index contributed by atoms with van der Waals surface area (Å²) < 4.78 is 1.65. The summed E-state index contributed by atoms with van der Waals surface area (Å²) in [5.74, 6) is 0.0533. The van der Waals surface area contributed by atoms with E-state index in [9.17, 15) is 4.79 Å². The molecule has 0 aliphatic heterocycles. The van der Waals surface area contributed by atoms with Gasteiger partial charge in [0.05, 0.1) is 6.54 Å². The van der Waals surface area contributed by atoms with Crippen molar-refractivity contribution in [1.82, 2.24) is 9.78 Å². The molecule has 3 aromatic rings. The molecule has 0 atom stereocenters. The Morgan fingerprint density at radius 2 is 1.88 bits per heavy atom. The molecule has 1 aromatic heterocycles. The first-order valence-corrected chi connectivity index (χ1v) is 8.75. The first-order valence-electron chi connectivity index (χ1n) is 7.99. The Balaban J connectivity index is 1.76. The number of carbonyl (C=O) groups is 1. The van der Waals surface area contributed by atoms with E-state index >= 15 is 0 Å². The summed E-state index contributed by atoms with van der Waals surface area (Å²) in [6.07, 6.45) is 1.66. The lowest BCUT2D eigenvalue weighted by Crippen LogP contribution is -2.15. The number of benzene rings is 2. The van der Waals surface area contributed by atoms with Crippen LogP contribution in [-0.2, 0) is 6.54 Å². The van der Waals surface area contributed by atoms with E-state index in [0.717, 1.165) is 11.3 Å². The Morgan fingerprint density at radius 1 is 1.12 bits per heavy atom. The molecule has 7 heteroatoms. The molecule has 0 bridgehead atoms. The maximum absolute atomic E-state index is 12.5. The third-order valence-corrected chi connectivity index (χ3v) is 4.51. The van der Waals surface area contributed by atoms with Gasteiger partial charge in [0.25, 0.3) is 5.91 Å². The second-order valence-corrected chi connectivity index (χ2v) is 6.83. The van der Waals surface area contributed by atoms with Gasteiger partial charge in [-0.15, -0.1) is 0 Å². The van der Waals surface area contributed by atoms with E-state index in [1.54, 1.807) is 16.9 Å². The predicted octanol–water partition coefficient (Wildman–Crippen LogP) is 4.56. The lowest BCUT2D eigenvalue weighted by molar-refractivity contribution is 0.102. The van der Waals surface area contributed by atoms with Gasteiger partial charge < -0.3 is 10.2 Å². The van der Waals surface area contributed by atoms with Crippen molar-refractivity contribution >= 4 is 40.6 Å². The van der Waals surface area contributed by atoms with Crippen LogP contribution in [0.1, 0.15) is 15.9 Å². The largest absolute Gasteiger partial charge is 0.378 e. The minimum absolute atomic E-state index is 0.265. The van der Waals surface area contributed by atoms with E-state index < -0.39 is 0 Å². The van der Waals surface area contributed by atoms with Gasteiger partial charge in [-0.2, -0.15) is 5.10 Å². The second-order valence-electron chi connectivity index (χ2n) is 6.01. The molecule has 0 aliphatic rings. The molecule has 2 aromatic carbocycles. The van der Waals surface area contributed by atoms with Crippen LogP contribution in [-0.4, -0.2) is 29.8 Å². The number of carbonyl (C=O) groups excluding carboxylic acids is 1. The fourth-order valence-electron chi connectivity index (χ4n) is 2.47. The van der Waals surface area contributed by atoms with Crippen molar-refractivity contribution in [3.63, 3.8) is 0 Å². The average molecular weight is 389 g/mol. The van der Waals surface area contributed by atoms with Gasteiger partial charge in [0, 0.05) is 36.6 Å². The van der Waals surface area contributed by atoms with Gasteiger partial charge in [0.15, 0.2) is 5.82 Å². The Kier molecular flexibility index (Phi) is 5.49. The van der Waals surface area contributed by atoms with Crippen LogP contribution < -0.4 is 10.2 Å². The van der Waals surface area contributed by atoms with Crippen molar-refractivity contribution in [3.8, 4) is 0 Å². The highest BCUT2D eigenvalue weighted by atomic mass is 35.5. The van der Waals surface area contributed by atoms with Crippen LogP contribution in [0.5, 0.6) is 0 Å². The molecule has 0 unspecified atom stereocenters. The van der Waals surface area contributed by atoms with Crippen LogP contribution >= 0.6 is 23.2 Å². The quantitative estimate of drug-likeness (QED) is 0.696. The number of amides is 1. The SMILES string of the molecule is CN(C)c1cccc(C(=O)Nc2nn(Cc3ccccc3Cl)cc2Cl)c1. The smallest absolute Gasteiger partial charge is 0.256 e. The predicted molar refractivity (Wildman–Crippen MR) is 107 cm³/mol. The first kappa shape index (κ1) is 18.3. The molecule has 3 rings (SSSR count). The molecule has 0 aliphatic carbocycles. The van der Waals surface area contributed by atoms with E-state index in [1.807, 2.05) is 61.5 Å². The number of halogens is 2. The first-order chi connectivity index (χ1) is 12.4. The van der Waals surface area contributed by atoms with Crippen molar-refractivity contribution < 1.29 is 4.79 Å². The summed E-state index contributed by atoms with van der Waals surface area (Å²) in [7, 11) is 3.84. The van der Waals surface area contributed by atoms with Crippen molar-refractivity contribution in [1.29, 1.82) is 0 Å². The molecule has 0 saturated heterocycles. The number of rotatable bonds is 5. The number of hydrogen-bond acceptors (Lipinski definition) is 3. The summed E-state index contributed by atoms with van der Waals surface area (Å²) in [4.78, 5) is 14.4. The summed E-state index contributed by atoms with van der Waals surface area (Å²) in [5.41, 5.74) is 2.39. The molecular weight excluding hydrogens is 371 g/mol. The normalized spacial score (nSPS) is 10.6. The topological polar surface area (TPSA) is 50.2 Å². The van der Waals surface area contributed by atoms with E-state index in [2.05, 4.69) is 10.4 Å². The minimum Gasteiger partial charge on any atom is -0.378 e. The van der Waals surface area contributed by atoms with Gasteiger partial charge in [0.2, 0.25) is 0 Å². The van der Waals surface area contributed by atoms with Crippen molar-refractivity contribution in [3.05, 3.63) is 75.9 Å². The Bertz CT molecular complexity index is 937. The van der Waals surface area contributed by atoms with Crippen LogP contribution in [0.2, 0.25) is 10.0 Å². The summed E-state index contributed by atoms with van der Waals surface area (Å²) >= 11 is 12.4. The van der Waals surface area contributed by atoms with E-state index in [4.69, 9.17) is 23.2 Å². The third kappa shape index (κ3) is 4.18. The fraction of sp³-hybridized carbons (Fsp3) is 0.158. The standard InChI is InChI=1S/C19H18Cl2N4O/c1-24(2)15-8-5-7-13(10-15)19(26)22-18-17(21)12-25(23-18)11-14-6-3-4-9-16(14)20/h3-10,12H,11H2,1-2H3,(H,22,23,26). The van der Waals surface area contributed by atoms with E-state index in [0.29, 0.717) is 28.0 Å². The molecule has 0 fully saturated rings. The van der Waals surface area contributed by atoms with Crippen LogP contribution in [0, 0.1) is 0 Å². The van der Waals surface area contributed by atoms with Gasteiger partial charge in [-0.1, -0.05) is 47.5 Å². The molecule has 134 valence electrons. The number of aromatic nitrogens is 2. The second kappa shape index (κ2) is 7.81. The average Bonchev–Trinajstić information content (AvgIpc) is 2.96. The third-order valence-electron chi connectivity index (χ3n) is 3.86. The van der Waals surface area contributed by atoms with Crippen LogP contribution in [0.25, 0.3) is 0 Å². The molecule has 0 radical (unpaired) electrons. The zero-order valence-corrected chi connectivity index (χ0v) is 15.9. The fourth-order valence-corrected chi connectivity index (χ4v) is 2.86. The lowest BCUT2D eigenvalue weighted by Gasteiger charge is -2.13. The number of hydrogen-bond donors (Lipinski definition) is 1. The van der Waals surface area contributed by atoms with Crippen LogP contribution in [0.4, 0.5) is 11.5 Å². The monoisotopic (exact) mass is 388 g/mol. The van der Waals surface area contributed by atoms with E-state index in [1.165, 1.54) is 0 Å². The van der Waals surface area contributed by atoms with Gasteiger partial charge in [-0.25, -0.2) is 0 Å². The van der Waals surface area contributed by atoms with Gasteiger partial charge in [0.1, 0.15) is 5.02 Å². The molecular formula is C19H18Cl2N4O. The summed E-state index contributed by atoms with van der Waals surface area (Å²) in [6, 6.07) is 14.8. The van der Waals surface area contributed by atoms with Crippen LogP contribution in [0.15, 0.2) is 54.7 Å². The molecule has 0 saturated carbocycles. The maximum atomic E-state index is 12.5. The minimum atomic E-state index is -0.265. The highest BCUT2D eigenvalue weighted by Crippen LogP contribution is 2.23. The molecule has 1 N–H and O–H groups in total. The summed E-state index contributed by atoms with van der Waals surface area (Å²) in [6.45, 7) is 0.464. The van der Waals surface area contributed by atoms with Crippen molar-refractivity contribution in [2.45, 2.75) is 6.54 Å². The molecule has 5 nitrogen and oxygen atoms in total. The Hall–Kier alpha value is -2.50. The lowest BCUT2D eigenvalue weighted by atomic mass is 10.2. The molecule has 0 spiro atoms. The zero-order chi connectivity index (χ0) is 18.7. The van der Waals surface area contributed by atoms with Gasteiger partial charge in [-0.05, 0) is 29.8 Å². The van der Waals surface area contributed by atoms with Crippen molar-refractivity contribution in [2.24, 2.45) is 0 Å². The molecule has 26 heavy (non-hydrogen) atoms. The molecule has 1 heterocycles. The number of nitrogens with zero attached hydrogens (tertiary/aromatic N) is 3. The van der Waals surface area contributed by atoms with E-state index in [-0.39, 0.29) is 5.91 Å². The highest BCUT2D eigenvalue weighted by molar-refractivity contribution is 6.33. The Labute approximate surface area is 162 Å². The molecule has 1 amide bonds. The van der Waals surface area contributed by atoms with Crippen LogP contribution in [0.3, 0.4) is 0 Å². The number of nitrogens with one attached hydrogen (secondary N) is 1. The maximum Gasteiger partial charge on any atom is 0.256 e. The highest BCUT2D eigenvalue weighted by Gasteiger charge is 2.13. The zero-order valence-electron chi connectivity index (χ0n) is 14.4. The summed E-state index contributed by atoms with van der Waals surface area (Å²) in [5, 5.41) is 8.14. The number of anilines is 2. The van der Waals surface area contributed by atoms with Crippen molar-refractivity contribution in [2.75, 3.05) is 24.3 Å².